The molecule has 10 heteroatoms. The first-order chi connectivity index (χ1) is 16.7. The summed E-state index contributed by atoms with van der Waals surface area (Å²) in [5, 5.41) is 49.8. The van der Waals surface area contributed by atoms with Gasteiger partial charge in [0, 0.05) is 18.2 Å². The highest BCUT2D eigenvalue weighted by molar-refractivity contribution is 5.87. The Labute approximate surface area is 201 Å². The van der Waals surface area contributed by atoms with Gasteiger partial charge in [0.05, 0.1) is 13.2 Å². The molecule has 1 aromatic heterocycles. The normalized spacial score (nSPS) is 14.8. The number of aryl methyl sites for hydroxylation is 1. The summed E-state index contributed by atoms with van der Waals surface area (Å²) in [5.41, 5.74) is 1.78. The van der Waals surface area contributed by atoms with E-state index in [1.807, 2.05) is 6.07 Å². The maximum atomic E-state index is 12.8. The Hall–Kier alpha value is -3.28. The number of carbonyl (C=O) groups excluding carboxylic acids is 1. The smallest absolute Gasteiger partial charge is 0.325 e. The van der Waals surface area contributed by atoms with Crippen molar-refractivity contribution in [3.8, 4) is 16.9 Å². The number of hydrogen-bond acceptors (Lipinski definition) is 9. The number of esters is 1. The third-order valence-corrected chi connectivity index (χ3v) is 5.72. The number of benzene rings is 2. The molecule has 2 aromatic carbocycles. The summed E-state index contributed by atoms with van der Waals surface area (Å²) in [5.74, 6) is -0.290. The third-order valence-electron chi connectivity index (χ3n) is 5.72. The second-order valence-electron chi connectivity index (χ2n) is 8.18. The minimum Gasteiger partial charge on any atom is -0.468 e. The first kappa shape index (κ1) is 26.3. The minimum atomic E-state index is -1.82. The van der Waals surface area contributed by atoms with Gasteiger partial charge in [-0.25, -0.2) is 0 Å². The van der Waals surface area contributed by atoms with Gasteiger partial charge in [0.2, 0.25) is 6.29 Å². The number of fused-ring (bicyclic) bond motifs is 1. The minimum absolute atomic E-state index is 0.168. The molecule has 188 valence electrons. The molecular weight excluding hydrogens is 458 g/mol. The number of carbonyl (C=O) groups is 1. The average molecular weight is 488 g/mol. The molecule has 35 heavy (non-hydrogen) atoms. The van der Waals surface area contributed by atoms with Crippen LogP contribution in [0.1, 0.15) is 12.0 Å². The first-order valence-corrected chi connectivity index (χ1v) is 11.0. The van der Waals surface area contributed by atoms with E-state index in [0.29, 0.717) is 10.9 Å². The summed E-state index contributed by atoms with van der Waals surface area (Å²) in [6.45, 7) is 1.14. The van der Waals surface area contributed by atoms with E-state index in [9.17, 15) is 30.0 Å². The van der Waals surface area contributed by atoms with E-state index < -0.39 is 37.2 Å². The second kappa shape index (κ2) is 11.4. The van der Waals surface area contributed by atoms with Crippen LogP contribution in [0.2, 0.25) is 0 Å². The van der Waals surface area contributed by atoms with E-state index in [1.54, 1.807) is 43.3 Å². The van der Waals surface area contributed by atoms with Gasteiger partial charge >= 0.3 is 5.97 Å². The summed E-state index contributed by atoms with van der Waals surface area (Å²) in [6, 6.07) is 12.1. The lowest BCUT2D eigenvalue weighted by molar-refractivity contribution is -0.166. The molecule has 3 rings (SSSR count). The Kier molecular flexibility index (Phi) is 8.60. The summed E-state index contributed by atoms with van der Waals surface area (Å²) in [4.78, 5) is 24.4. The highest BCUT2D eigenvalue weighted by Crippen LogP contribution is 2.29. The molecule has 10 nitrogen and oxygen atoms in total. The summed E-state index contributed by atoms with van der Waals surface area (Å²) in [7, 11) is 1.25. The van der Waals surface area contributed by atoms with Gasteiger partial charge in [0.25, 0.3) is 5.56 Å². The molecule has 3 aromatic rings. The number of nitrogens with zero attached hydrogens (tertiary/aromatic N) is 1. The standard InChI is InChI=1S/C25H29NO9/c1-14-11-16(5-6-20(14)35-25(33)23(31)22(30)19(28)8-10-27)17-4-3-15-7-9-26(13-21(29)34-2)24(32)18(15)12-17/h3-7,9,11-12,19,22-23,25,27-28,30-31,33H,8,10,13H2,1-2H3. The van der Waals surface area contributed by atoms with E-state index in [0.717, 1.165) is 16.5 Å². The highest BCUT2D eigenvalue weighted by Gasteiger charge is 2.31. The summed E-state index contributed by atoms with van der Waals surface area (Å²) < 4.78 is 11.3. The Morgan fingerprint density at radius 2 is 1.69 bits per heavy atom. The average Bonchev–Trinajstić information content (AvgIpc) is 2.85. The van der Waals surface area contributed by atoms with Crippen molar-refractivity contribution in [1.29, 1.82) is 0 Å². The van der Waals surface area contributed by atoms with Crippen LogP contribution in [-0.2, 0) is 16.1 Å². The highest BCUT2D eigenvalue weighted by atomic mass is 16.6. The predicted molar refractivity (Wildman–Crippen MR) is 127 cm³/mol. The number of aliphatic hydroxyl groups is 5. The van der Waals surface area contributed by atoms with Crippen molar-refractivity contribution in [2.75, 3.05) is 13.7 Å². The molecule has 1 heterocycles. The van der Waals surface area contributed by atoms with Gasteiger partial charge in [0.15, 0.2) is 0 Å². The van der Waals surface area contributed by atoms with Crippen LogP contribution < -0.4 is 10.3 Å². The summed E-state index contributed by atoms with van der Waals surface area (Å²) in [6.07, 6.45) is -5.39. The SMILES string of the molecule is COC(=O)Cn1ccc2ccc(-c3ccc(OC(O)C(O)C(O)C(O)CCO)c(C)c3)cc2c1=O. The van der Waals surface area contributed by atoms with Crippen LogP contribution in [0.4, 0.5) is 0 Å². The topological polar surface area (TPSA) is 159 Å². The van der Waals surface area contributed by atoms with E-state index >= 15 is 0 Å². The van der Waals surface area contributed by atoms with Gasteiger partial charge in [-0.3, -0.25) is 9.59 Å². The molecule has 0 bridgehead atoms. The molecule has 0 fully saturated rings. The Bertz CT molecular complexity index is 1240. The second-order valence-corrected chi connectivity index (χ2v) is 8.18. The zero-order valence-electron chi connectivity index (χ0n) is 19.4. The lowest BCUT2D eigenvalue weighted by Crippen LogP contribution is -2.47. The lowest BCUT2D eigenvalue weighted by Gasteiger charge is -2.27. The quantitative estimate of drug-likeness (QED) is 0.200. The van der Waals surface area contributed by atoms with Crippen molar-refractivity contribution >= 4 is 16.7 Å². The van der Waals surface area contributed by atoms with Crippen molar-refractivity contribution in [3.05, 3.63) is 64.6 Å². The molecule has 0 amide bonds. The Balaban J connectivity index is 1.83. The van der Waals surface area contributed by atoms with Gasteiger partial charge in [0.1, 0.15) is 24.5 Å². The van der Waals surface area contributed by atoms with E-state index in [-0.39, 0.29) is 24.3 Å². The number of hydrogen-bond donors (Lipinski definition) is 5. The number of rotatable bonds is 10. The molecule has 4 unspecified atom stereocenters. The molecule has 0 saturated heterocycles. The Morgan fingerprint density at radius 1 is 1.00 bits per heavy atom. The molecule has 0 spiro atoms. The number of pyridine rings is 1. The van der Waals surface area contributed by atoms with Gasteiger partial charge in [-0.1, -0.05) is 18.2 Å². The largest absolute Gasteiger partial charge is 0.468 e. The van der Waals surface area contributed by atoms with Crippen LogP contribution >= 0.6 is 0 Å². The fourth-order valence-electron chi connectivity index (χ4n) is 3.65. The molecule has 0 radical (unpaired) electrons. The molecule has 4 atom stereocenters. The van der Waals surface area contributed by atoms with Crippen molar-refractivity contribution in [2.45, 2.75) is 44.5 Å². The van der Waals surface area contributed by atoms with Crippen LogP contribution in [0.5, 0.6) is 5.75 Å². The van der Waals surface area contributed by atoms with Gasteiger partial charge in [-0.05, 0) is 59.7 Å². The summed E-state index contributed by atoms with van der Waals surface area (Å²) >= 11 is 0. The maximum absolute atomic E-state index is 12.8. The third kappa shape index (κ3) is 6.05. The van der Waals surface area contributed by atoms with Crippen molar-refractivity contribution in [3.63, 3.8) is 0 Å². The van der Waals surface area contributed by atoms with Crippen LogP contribution in [0.25, 0.3) is 21.9 Å². The lowest BCUT2D eigenvalue weighted by atomic mass is 10.00. The van der Waals surface area contributed by atoms with Gasteiger partial charge in [-0.15, -0.1) is 0 Å². The van der Waals surface area contributed by atoms with Crippen LogP contribution in [0, 0.1) is 6.92 Å². The first-order valence-electron chi connectivity index (χ1n) is 11.0. The van der Waals surface area contributed by atoms with Crippen molar-refractivity contribution < 1.29 is 39.8 Å². The number of methoxy groups -OCH3 is 1. The fraction of sp³-hybridized carbons (Fsp3) is 0.360. The van der Waals surface area contributed by atoms with Gasteiger partial charge < -0.3 is 39.6 Å². The van der Waals surface area contributed by atoms with Gasteiger partial charge in [-0.2, -0.15) is 0 Å². The van der Waals surface area contributed by atoms with E-state index in [2.05, 4.69) is 4.74 Å². The van der Waals surface area contributed by atoms with E-state index in [4.69, 9.17) is 9.84 Å². The Morgan fingerprint density at radius 3 is 2.34 bits per heavy atom. The number of aliphatic hydroxyl groups excluding tert-OH is 5. The van der Waals surface area contributed by atoms with Crippen LogP contribution in [0.15, 0.2) is 53.5 Å². The molecule has 0 aliphatic heterocycles. The predicted octanol–water partition coefficient (Wildman–Crippen LogP) is 0.312. The maximum Gasteiger partial charge on any atom is 0.325 e. The van der Waals surface area contributed by atoms with Crippen molar-refractivity contribution in [2.24, 2.45) is 0 Å². The monoisotopic (exact) mass is 487 g/mol. The van der Waals surface area contributed by atoms with Crippen molar-refractivity contribution in [1.82, 2.24) is 4.57 Å². The molecule has 0 aliphatic rings. The van der Waals surface area contributed by atoms with Crippen LogP contribution in [0.3, 0.4) is 0 Å². The molecule has 0 aliphatic carbocycles. The van der Waals surface area contributed by atoms with E-state index in [1.165, 1.54) is 17.9 Å². The molecular formula is C25H29NO9. The molecule has 5 N–H and O–H groups in total. The van der Waals surface area contributed by atoms with Crippen LogP contribution in [-0.4, -0.2) is 74.4 Å². The fourth-order valence-corrected chi connectivity index (χ4v) is 3.65. The zero-order valence-corrected chi connectivity index (χ0v) is 19.4. The zero-order chi connectivity index (χ0) is 25.7. The number of ether oxygens (including phenoxy) is 2. The molecule has 0 saturated carbocycles. The number of aromatic nitrogens is 1.